The van der Waals surface area contributed by atoms with E-state index < -0.39 is 0 Å². The van der Waals surface area contributed by atoms with Crippen molar-refractivity contribution in [1.29, 1.82) is 0 Å². The molecule has 96 valence electrons. The molecular weight excluding hydrogens is 298 g/mol. The van der Waals surface area contributed by atoms with E-state index in [2.05, 4.69) is 47.8 Å². The Balaban J connectivity index is 2.55. The first-order valence-electron chi connectivity index (χ1n) is 6.02. The van der Waals surface area contributed by atoms with Crippen molar-refractivity contribution in [2.75, 3.05) is 18.9 Å². The summed E-state index contributed by atoms with van der Waals surface area (Å²) in [7, 11) is 2.15. The van der Waals surface area contributed by atoms with Gasteiger partial charge in [-0.15, -0.1) is 0 Å². The van der Waals surface area contributed by atoms with Gasteiger partial charge in [0.2, 0.25) is 0 Å². The van der Waals surface area contributed by atoms with Gasteiger partial charge in [0.1, 0.15) is 0 Å². The van der Waals surface area contributed by atoms with E-state index >= 15 is 0 Å². The van der Waals surface area contributed by atoms with Gasteiger partial charge in [-0.3, -0.25) is 0 Å². The van der Waals surface area contributed by atoms with Gasteiger partial charge in [-0.2, -0.15) is 0 Å². The minimum Gasteiger partial charge on any atom is -0.302 e. The van der Waals surface area contributed by atoms with Gasteiger partial charge in [-0.05, 0) is 30.5 Å². The van der Waals surface area contributed by atoms with E-state index in [1.165, 1.54) is 5.56 Å². The maximum Gasteiger partial charge on any atom is 0.0451 e. The molecule has 1 rings (SSSR count). The first-order chi connectivity index (χ1) is 8.04. The average molecular weight is 319 g/mol. The highest BCUT2D eigenvalue weighted by Crippen LogP contribution is 2.19. The summed E-state index contributed by atoms with van der Waals surface area (Å²) in [6.07, 6.45) is 0. The average Bonchev–Trinajstić information content (AvgIpc) is 2.28. The molecule has 0 bridgehead atoms. The van der Waals surface area contributed by atoms with Crippen molar-refractivity contribution in [2.45, 2.75) is 20.4 Å². The number of halogens is 2. The number of rotatable bonds is 6. The van der Waals surface area contributed by atoms with Crippen LogP contribution in [-0.4, -0.2) is 23.8 Å². The molecule has 1 aromatic rings. The molecule has 1 atom stereocenters. The lowest BCUT2D eigenvalue weighted by Gasteiger charge is -2.25. The van der Waals surface area contributed by atoms with Crippen molar-refractivity contribution in [1.82, 2.24) is 4.90 Å². The Morgan fingerprint density at radius 1 is 1.29 bits per heavy atom. The normalized spacial score (nSPS) is 13.4. The van der Waals surface area contributed by atoms with E-state index in [9.17, 15) is 0 Å². The molecule has 17 heavy (non-hydrogen) atoms. The molecule has 1 aromatic carbocycles. The van der Waals surface area contributed by atoms with E-state index in [-0.39, 0.29) is 0 Å². The van der Waals surface area contributed by atoms with Crippen molar-refractivity contribution in [3.8, 4) is 0 Å². The minimum atomic E-state index is 0.683. The second-order valence-electron chi connectivity index (χ2n) is 4.95. The molecule has 0 radical (unpaired) electrons. The number of hydrogen-bond acceptors (Lipinski definition) is 1. The van der Waals surface area contributed by atoms with Gasteiger partial charge in [0.25, 0.3) is 0 Å². The van der Waals surface area contributed by atoms with E-state index in [0.29, 0.717) is 11.8 Å². The third-order valence-electron chi connectivity index (χ3n) is 3.09. The molecule has 0 fully saturated rings. The summed E-state index contributed by atoms with van der Waals surface area (Å²) in [4.78, 5) is 2.34. The molecule has 0 heterocycles. The first kappa shape index (κ1) is 15.0. The Morgan fingerprint density at radius 3 is 2.47 bits per heavy atom. The van der Waals surface area contributed by atoms with Crippen LogP contribution < -0.4 is 0 Å². The quantitative estimate of drug-likeness (QED) is 0.701. The Morgan fingerprint density at radius 2 is 1.94 bits per heavy atom. The van der Waals surface area contributed by atoms with E-state index in [4.69, 9.17) is 11.6 Å². The maximum absolute atomic E-state index is 6.17. The Hall–Kier alpha value is -0.0500. The van der Waals surface area contributed by atoms with Gasteiger partial charge in [-0.25, -0.2) is 0 Å². The summed E-state index contributed by atoms with van der Waals surface area (Å²) in [5.74, 6) is 1.38. The zero-order valence-electron chi connectivity index (χ0n) is 10.8. The molecule has 0 spiro atoms. The Kier molecular flexibility index (Phi) is 6.53. The highest BCUT2D eigenvalue weighted by atomic mass is 79.9. The SMILES string of the molecule is CC(C)C(CBr)CN(C)Cc1ccccc1Cl. The largest absolute Gasteiger partial charge is 0.302 e. The predicted molar refractivity (Wildman–Crippen MR) is 79.9 cm³/mol. The van der Waals surface area contributed by atoms with Crippen molar-refractivity contribution in [3.05, 3.63) is 34.9 Å². The molecule has 0 saturated carbocycles. The highest BCUT2D eigenvalue weighted by Gasteiger charge is 2.14. The molecule has 1 unspecified atom stereocenters. The van der Waals surface area contributed by atoms with E-state index in [1.807, 2.05) is 18.2 Å². The topological polar surface area (TPSA) is 3.24 Å². The summed E-state index contributed by atoms with van der Waals surface area (Å²) in [5, 5.41) is 1.91. The van der Waals surface area contributed by atoms with Crippen LogP contribution in [0.25, 0.3) is 0 Å². The third kappa shape index (κ3) is 4.99. The fraction of sp³-hybridized carbons (Fsp3) is 0.571. The number of hydrogen-bond donors (Lipinski definition) is 0. The van der Waals surface area contributed by atoms with Gasteiger partial charge in [0.05, 0.1) is 0 Å². The minimum absolute atomic E-state index is 0.683. The van der Waals surface area contributed by atoms with Crippen LogP contribution in [0.2, 0.25) is 5.02 Å². The number of benzene rings is 1. The number of nitrogens with zero attached hydrogens (tertiary/aromatic N) is 1. The Bertz CT molecular complexity index is 341. The number of alkyl halides is 1. The first-order valence-corrected chi connectivity index (χ1v) is 7.52. The van der Waals surface area contributed by atoms with E-state index in [0.717, 1.165) is 23.4 Å². The summed E-state index contributed by atoms with van der Waals surface area (Å²) in [5.41, 5.74) is 1.20. The van der Waals surface area contributed by atoms with Gasteiger partial charge in [0, 0.05) is 23.4 Å². The van der Waals surface area contributed by atoms with Crippen molar-refractivity contribution in [3.63, 3.8) is 0 Å². The van der Waals surface area contributed by atoms with Gasteiger partial charge in [0.15, 0.2) is 0 Å². The molecule has 0 aliphatic rings. The van der Waals surface area contributed by atoms with Crippen LogP contribution >= 0.6 is 27.5 Å². The van der Waals surface area contributed by atoms with Gasteiger partial charge < -0.3 is 4.90 Å². The lowest BCUT2D eigenvalue weighted by atomic mass is 9.97. The molecule has 0 saturated heterocycles. The van der Waals surface area contributed by atoms with Crippen molar-refractivity contribution in [2.24, 2.45) is 11.8 Å². The fourth-order valence-corrected chi connectivity index (χ4v) is 2.97. The zero-order chi connectivity index (χ0) is 12.8. The molecule has 3 heteroatoms. The monoisotopic (exact) mass is 317 g/mol. The summed E-state index contributed by atoms with van der Waals surface area (Å²) in [6, 6.07) is 8.06. The standard InChI is InChI=1S/C14H21BrClN/c1-11(2)13(8-15)10-17(3)9-12-6-4-5-7-14(12)16/h4-7,11,13H,8-10H2,1-3H3. The molecular formula is C14H21BrClN. The van der Waals surface area contributed by atoms with Crippen LogP contribution in [0.15, 0.2) is 24.3 Å². The third-order valence-corrected chi connectivity index (χ3v) is 4.29. The second-order valence-corrected chi connectivity index (χ2v) is 6.00. The maximum atomic E-state index is 6.17. The van der Waals surface area contributed by atoms with Crippen LogP contribution in [0.4, 0.5) is 0 Å². The molecule has 0 amide bonds. The van der Waals surface area contributed by atoms with Crippen molar-refractivity contribution >= 4 is 27.5 Å². The van der Waals surface area contributed by atoms with Crippen LogP contribution in [-0.2, 0) is 6.54 Å². The molecule has 0 aliphatic heterocycles. The lowest BCUT2D eigenvalue weighted by molar-refractivity contribution is 0.247. The lowest BCUT2D eigenvalue weighted by Crippen LogP contribution is -2.29. The van der Waals surface area contributed by atoms with Crippen molar-refractivity contribution < 1.29 is 0 Å². The summed E-state index contributed by atoms with van der Waals surface area (Å²) in [6.45, 7) is 6.55. The predicted octanol–water partition coefficient (Wildman–Crippen LogP) is 4.44. The van der Waals surface area contributed by atoms with Gasteiger partial charge >= 0.3 is 0 Å². The van der Waals surface area contributed by atoms with Crippen LogP contribution in [0.5, 0.6) is 0 Å². The highest BCUT2D eigenvalue weighted by molar-refractivity contribution is 9.09. The van der Waals surface area contributed by atoms with Crippen LogP contribution in [0.1, 0.15) is 19.4 Å². The van der Waals surface area contributed by atoms with E-state index in [1.54, 1.807) is 0 Å². The van der Waals surface area contributed by atoms with Crippen LogP contribution in [0, 0.1) is 11.8 Å². The Labute approximate surface area is 118 Å². The summed E-state index contributed by atoms with van der Waals surface area (Å²) < 4.78 is 0. The zero-order valence-corrected chi connectivity index (χ0v) is 13.1. The molecule has 0 aliphatic carbocycles. The molecule has 1 nitrogen and oxygen atoms in total. The molecule has 0 N–H and O–H groups in total. The van der Waals surface area contributed by atoms with Gasteiger partial charge in [-0.1, -0.05) is 59.6 Å². The second kappa shape index (κ2) is 7.40. The smallest absolute Gasteiger partial charge is 0.0451 e. The summed E-state index contributed by atoms with van der Waals surface area (Å²) >= 11 is 9.76. The van der Waals surface area contributed by atoms with Crippen LogP contribution in [0.3, 0.4) is 0 Å². The molecule has 0 aromatic heterocycles. The fourth-order valence-electron chi connectivity index (χ4n) is 1.82.